The van der Waals surface area contributed by atoms with Gasteiger partial charge in [-0.2, -0.15) is 0 Å². The smallest absolute Gasteiger partial charge is 0.455 e. The van der Waals surface area contributed by atoms with E-state index < -0.39 is 7.12 Å². The highest BCUT2D eigenvalue weighted by molar-refractivity contribution is 6.63. The molecule has 0 spiro atoms. The van der Waals surface area contributed by atoms with E-state index in [2.05, 4.69) is 98.8 Å². The molecule has 0 atom stereocenters. The topological polar surface area (TPSA) is 50.1 Å². The van der Waals surface area contributed by atoms with E-state index in [4.69, 9.17) is 23.0 Å². The second-order valence-corrected chi connectivity index (χ2v) is 11.4. The quantitative estimate of drug-likeness (QED) is 0.194. The fraction of sp³-hybridized carbons (Fsp3) is 0.176. The average molecular weight is 538 g/mol. The first kappa shape index (κ1) is 24.9. The van der Waals surface area contributed by atoms with Gasteiger partial charge >= 0.3 is 14.2 Å². The van der Waals surface area contributed by atoms with Crippen molar-refractivity contribution in [3.05, 3.63) is 97.1 Å². The molecule has 7 heteroatoms. The van der Waals surface area contributed by atoms with Crippen LogP contribution in [0.2, 0.25) is 0 Å². The van der Waals surface area contributed by atoms with Gasteiger partial charge in [0.05, 0.1) is 25.4 Å². The van der Waals surface area contributed by atoms with Crippen molar-refractivity contribution in [3.63, 3.8) is 0 Å². The lowest BCUT2D eigenvalue weighted by atomic mass is 9.76. The molecule has 0 unspecified atom stereocenters. The van der Waals surface area contributed by atoms with Gasteiger partial charge in [0.15, 0.2) is 0 Å². The Hall–Kier alpha value is -3.87. The predicted octanol–water partition coefficient (Wildman–Crippen LogP) is 6.34. The van der Waals surface area contributed by atoms with Crippen molar-refractivity contribution >= 4 is 57.7 Å². The van der Waals surface area contributed by atoms with Gasteiger partial charge in [-0.1, -0.05) is 97.1 Å². The Labute approximate surface area is 239 Å². The number of hydrogen-bond acceptors (Lipinski definition) is 5. The Bertz CT molecular complexity index is 1910. The van der Waals surface area contributed by atoms with Gasteiger partial charge in [-0.05, 0) is 46.5 Å². The lowest BCUT2D eigenvalue weighted by molar-refractivity contribution is 0.137. The Morgan fingerprint density at radius 1 is 0.610 bits per heavy atom. The van der Waals surface area contributed by atoms with Crippen molar-refractivity contribution in [1.82, 2.24) is 0 Å². The lowest BCUT2D eigenvalue weighted by Crippen LogP contribution is -2.34. The summed E-state index contributed by atoms with van der Waals surface area (Å²) in [5, 5.41) is 5.47. The summed E-state index contributed by atoms with van der Waals surface area (Å²) in [6, 6.07) is 33.8. The second-order valence-electron chi connectivity index (χ2n) is 11.4. The first-order chi connectivity index (χ1) is 20.1. The van der Waals surface area contributed by atoms with Crippen molar-refractivity contribution in [2.45, 2.75) is 19.4 Å². The number of benzene rings is 5. The molecule has 3 heterocycles. The summed E-state index contributed by atoms with van der Waals surface area (Å²) in [5.74, 6) is 0.847. The highest BCUT2D eigenvalue weighted by Gasteiger charge is 2.38. The maximum atomic E-state index is 6.93. The van der Waals surface area contributed by atoms with Crippen LogP contribution in [0.5, 0.6) is 0 Å². The Morgan fingerprint density at radius 3 is 1.88 bits per heavy atom. The van der Waals surface area contributed by atoms with Gasteiger partial charge in [-0.25, -0.2) is 0 Å². The molecular weight excluding hydrogens is 510 g/mol. The largest absolute Gasteiger partial charge is 0.494 e. The van der Waals surface area contributed by atoms with Crippen molar-refractivity contribution in [1.29, 1.82) is 0 Å². The monoisotopic (exact) mass is 538 g/mol. The molecule has 0 bridgehead atoms. The Kier molecular flexibility index (Phi) is 5.83. The molecule has 200 valence electrons. The van der Waals surface area contributed by atoms with E-state index in [1.165, 1.54) is 0 Å². The molecule has 2 saturated heterocycles. The van der Waals surface area contributed by atoms with E-state index in [-0.39, 0.29) is 12.7 Å². The standard InChI is InChI=1S/C34H28B2O5/c1-34(2)21-39-36(41-34)25-14-15-26-27-16-13-24(35-37-17-18-38-35)20-29(27)33-31(28(26)19-25)30(22-9-5-3-6-10-22)32(40-33)23-11-7-4-8-12-23/h3-16,19-20H,17-18,21H2,1-2H3. The van der Waals surface area contributed by atoms with Gasteiger partial charge in [0.1, 0.15) is 11.3 Å². The minimum atomic E-state index is -0.417. The van der Waals surface area contributed by atoms with Crippen LogP contribution in [0.1, 0.15) is 13.8 Å². The molecule has 8 rings (SSSR count). The number of furan rings is 1. The van der Waals surface area contributed by atoms with Crippen molar-refractivity contribution in [2.75, 3.05) is 19.8 Å². The predicted molar refractivity (Wildman–Crippen MR) is 166 cm³/mol. The summed E-state index contributed by atoms with van der Waals surface area (Å²) in [7, 11) is -0.787. The average Bonchev–Trinajstić information content (AvgIpc) is 3.77. The van der Waals surface area contributed by atoms with Crippen molar-refractivity contribution in [2.24, 2.45) is 0 Å². The van der Waals surface area contributed by atoms with Crippen LogP contribution in [0.15, 0.2) is 101 Å². The summed E-state index contributed by atoms with van der Waals surface area (Å²) in [6.07, 6.45) is 0. The molecule has 6 aromatic rings. The van der Waals surface area contributed by atoms with E-state index in [0.29, 0.717) is 19.8 Å². The minimum absolute atomic E-state index is 0.329. The van der Waals surface area contributed by atoms with E-state index in [9.17, 15) is 0 Å². The highest BCUT2D eigenvalue weighted by Crippen LogP contribution is 2.47. The highest BCUT2D eigenvalue weighted by atomic mass is 16.7. The zero-order chi connectivity index (χ0) is 27.6. The second kappa shape index (κ2) is 9.61. The van der Waals surface area contributed by atoms with Gasteiger partial charge in [0.2, 0.25) is 0 Å². The van der Waals surface area contributed by atoms with Crippen LogP contribution in [-0.2, 0) is 18.6 Å². The minimum Gasteiger partial charge on any atom is -0.455 e. The molecule has 2 aliphatic rings. The molecule has 0 aliphatic carbocycles. The molecule has 2 fully saturated rings. The van der Waals surface area contributed by atoms with Crippen LogP contribution in [0.3, 0.4) is 0 Å². The van der Waals surface area contributed by atoms with E-state index >= 15 is 0 Å². The molecule has 0 N–H and O–H groups in total. The molecule has 5 aromatic carbocycles. The van der Waals surface area contributed by atoms with Crippen LogP contribution in [-0.4, -0.2) is 39.7 Å². The zero-order valence-corrected chi connectivity index (χ0v) is 23.1. The molecule has 0 amide bonds. The maximum Gasteiger partial charge on any atom is 0.494 e. The van der Waals surface area contributed by atoms with Crippen LogP contribution in [0.25, 0.3) is 55.0 Å². The van der Waals surface area contributed by atoms with Gasteiger partial charge in [0.25, 0.3) is 0 Å². The number of rotatable bonds is 4. The van der Waals surface area contributed by atoms with Crippen molar-refractivity contribution < 1.29 is 23.0 Å². The first-order valence-corrected chi connectivity index (χ1v) is 14.1. The maximum absolute atomic E-state index is 6.93. The van der Waals surface area contributed by atoms with Gasteiger partial charge in [-0.15, -0.1) is 0 Å². The summed E-state index contributed by atoms with van der Waals surface area (Å²) < 4.78 is 31.0. The Morgan fingerprint density at radius 2 is 1.22 bits per heavy atom. The summed E-state index contributed by atoms with van der Waals surface area (Å²) in [5.41, 5.74) is 5.70. The van der Waals surface area contributed by atoms with Crippen LogP contribution in [0.4, 0.5) is 0 Å². The van der Waals surface area contributed by atoms with Crippen molar-refractivity contribution in [3.8, 4) is 22.5 Å². The van der Waals surface area contributed by atoms with Gasteiger partial charge in [0, 0.05) is 21.9 Å². The van der Waals surface area contributed by atoms with Crippen LogP contribution < -0.4 is 10.9 Å². The third kappa shape index (κ3) is 4.20. The first-order valence-electron chi connectivity index (χ1n) is 14.1. The summed E-state index contributed by atoms with van der Waals surface area (Å²) in [4.78, 5) is 0. The third-order valence-corrected chi connectivity index (χ3v) is 8.07. The van der Waals surface area contributed by atoms with Gasteiger partial charge < -0.3 is 23.0 Å². The Balaban J connectivity index is 1.49. The summed E-state index contributed by atoms with van der Waals surface area (Å²) >= 11 is 0. The molecule has 0 saturated carbocycles. The van der Waals surface area contributed by atoms with E-state index in [1.54, 1.807) is 0 Å². The molecule has 2 aliphatic heterocycles. The van der Waals surface area contributed by atoms with Crippen LogP contribution >= 0.6 is 0 Å². The molecule has 0 radical (unpaired) electrons. The van der Waals surface area contributed by atoms with Crippen LogP contribution in [0, 0.1) is 0 Å². The third-order valence-electron chi connectivity index (χ3n) is 8.07. The molecule has 1 aromatic heterocycles. The number of hydrogen-bond donors (Lipinski definition) is 0. The molecular formula is C34H28B2O5. The zero-order valence-electron chi connectivity index (χ0n) is 23.1. The van der Waals surface area contributed by atoms with E-state index in [0.717, 1.165) is 65.9 Å². The molecule has 5 nitrogen and oxygen atoms in total. The normalized spacial score (nSPS) is 16.9. The fourth-order valence-corrected chi connectivity index (χ4v) is 6.18. The SMILES string of the molecule is CC1(C)COB(c2ccc3c4ccc(B5OCCO5)cc4c4oc(-c5ccccc5)c(-c5ccccc5)c4c3c2)O1. The number of fused-ring (bicyclic) bond motifs is 6. The summed E-state index contributed by atoms with van der Waals surface area (Å²) in [6.45, 7) is 5.86. The molecule has 41 heavy (non-hydrogen) atoms. The van der Waals surface area contributed by atoms with Gasteiger partial charge in [-0.3, -0.25) is 0 Å². The lowest BCUT2D eigenvalue weighted by Gasteiger charge is -2.16. The van der Waals surface area contributed by atoms with E-state index in [1.807, 2.05) is 12.1 Å². The fourth-order valence-electron chi connectivity index (χ4n) is 6.18.